The Hall–Kier alpha value is -5.54. The van der Waals surface area contributed by atoms with Gasteiger partial charge in [0.2, 0.25) is 5.91 Å². The van der Waals surface area contributed by atoms with E-state index in [0.717, 1.165) is 32.0 Å². The summed E-state index contributed by atoms with van der Waals surface area (Å²) in [6, 6.07) is 40.6. The quantitative estimate of drug-likeness (QED) is 0.184. The molecule has 0 radical (unpaired) electrons. The number of carbonyl (C=O) groups excluding carboxylic acids is 2. The molecule has 0 spiro atoms. The second-order valence-electron chi connectivity index (χ2n) is 12.6. The lowest BCUT2D eigenvalue weighted by molar-refractivity contribution is -0.123. The summed E-state index contributed by atoms with van der Waals surface area (Å²) in [7, 11) is 0. The van der Waals surface area contributed by atoms with E-state index in [1.807, 2.05) is 12.1 Å². The Kier molecular flexibility index (Phi) is 8.84. The van der Waals surface area contributed by atoms with Crippen LogP contribution in [0.5, 0.6) is 0 Å². The number of nitrogens with zero attached hydrogens (tertiary/aromatic N) is 4. The number of hydrogen-bond donors (Lipinski definition) is 1. The van der Waals surface area contributed by atoms with E-state index in [1.165, 1.54) is 27.7 Å². The molecule has 2 fully saturated rings. The van der Waals surface area contributed by atoms with E-state index in [2.05, 4.69) is 101 Å². The number of aromatic nitrogens is 1. The van der Waals surface area contributed by atoms with Crippen LogP contribution in [0.15, 0.2) is 128 Å². The third-order valence-corrected chi connectivity index (χ3v) is 9.82. The van der Waals surface area contributed by atoms with Crippen molar-refractivity contribution in [3.63, 3.8) is 0 Å². The fourth-order valence-corrected chi connectivity index (χ4v) is 7.13. The van der Waals surface area contributed by atoms with Gasteiger partial charge in [-0.25, -0.2) is 14.2 Å². The first-order chi connectivity index (χ1) is 23.9. The number of nitrogens with two attached hydrogens (primary N) is 1. The van der Waals surface area contributed by atoms with Crippen LogP contribution in [-0.2, 0) is 15.1 Å². The van der Waals surface area contributed by atoms with Gasteiger partial charge in [-0.05, 0) is 53.9 Å². The van der Waals surface area contributed by atoms with Gasteiger partial charge in [-0.15, -0.1) is 0 Å². The van der Waals surface area contributed by atoms with Crippen LogP contribution in [0, 0.1) is 11.7 Å². The molecule has 2 atom stereocenters. The van der Waals surface area contributed by atoms with E-state index in [-0.39, 0.29) is 6.54 Å². The lowest BCUT2D eigenvalue weighted by Gasteiger charge is -2.49. The average molecular weight is 656 g/mol. The number of ether oxygens (including phenoxy) is 1. The minimum absolute atomic E-state index is 0.119. The molecule has 5 aromatic rings. The third-order valence-electron chi connectivity index (χ3n) is 9.82. The molecule has 2 saturated heterocycles. The molecule has 1 unspecified atom stereocenters. The fraction of sp³-hybridized carbons (Fsp3) is 0.225. The van der Waals surface area contributed by atoms with E-state index in [4.69, 9.17) is 15.5 Å². The van der Waals surface area contributed by atoms with Crippen LogP contribution in [0.1, 0.15) is 23.6 Å². The Morgan fingerprint density at radius 2 is 1.41 bits per heavy atom. The highest BCUT2D eigenvalue weighted by molar-refractivity contribution is 5.91. The van der Waals surface area contributed by atoms with Gasteiger partial charge in [0.05, 0.1) is 23.7 Å². The van der Waals surface area contributed by atoms with Crippen LogP contribution < -0.4 is 15.5 Å². The van der Waals surface area contributed by atoms with Crippen LogP contribution in [-0.4, -0.2) is 60.7 Å². The molecule has 7 rings (SSSR count). The molecule has 2 aliphatic rings. The number of benzene rings is 4. The summed E-state index contributed by atoms with van der Waals surface area (Å²) in [5, 5.41) is 0. The predicted molar refractivity (Wildman–Crippen MR) is 189 cm³/mol. The fourth-order valence-electron chi connectivity index (χ4n) is 7.13. The van der Waals surface area contributed by atoms with Crippen molar-refractivity contribution in [2.45, 2.75) is 18.6 Å². The van der Waals surface area contributed by atoms with Crippen molar-refractivity contribution in [3.8, 4) is 11.1 Å². The van der Waals surface area contributed by atoms with Gasteiger partial charge < -0.3 is 15.4 Å². The number of primary amides is 1. The van der Waals surface area contributed by atoms with Gasteiger partial charge in [0, 0.05) is 43.5 Å². The van der Waals surface area contributed by atoms with Crippen molar-refractivity contribution in [2.24, 2.45) is 11.7 Å². The molecule has 2 amide bonds. The predicted octanol–water partition coefficient (Wildman–Crippen LogP) is 6.45. The second-order valence-corrected chi connectivity index (χ2v) is 12.6. The van der Waals surface area contributed by atoms with Crippen molar-refractivity contribution in [1.29, 1.82) is 0 Å². The third kappa shape index (κ3) is 6.02. The zero-order chi connectivity index (χ0) is 34.0. The zero-order valence-electron chi connectivity index (χ0n) is 27.3. The molecule has 0 aliphatic carbocycles. The summed E-state index contributed by atoms with van der Waals surface area (Å²) in [5.74, 6) is -0.859. The van der Waals surface area contributed by atoms with Gasteiger partial charge >= 0.3 is 6.09 Å². The van der Waals surface area contributed by atoms with Crippen LogP contribution in [0.3, 0.4) is 0 Å². The monoisotopic (exact) mass is 655 g/mol. The molecule has 1 aromatic heterocycles. The van der Waals surface area contributed by atoms with Gasteiger partial charge in [0.25, 0.3) is 0 Å². The number of rotatable bonds is 9. The largest absolute Gasteiger partial charge is 0.443 e. The Morgan fingerprint density at radius 3 is 1.90 bits per heavy atom. The highest BCUT2D eigenvalue weighted by Gasteiger charge is 2.43. The minimum Gasteiger partial charge on any atom is -0.443 e. The van der Waals surface area contributed by atoms with Crippen LogP contribution in [0.4, 0.5) is 20.7 Å². The molecule has 4 aromatic carbocycles. The average Bonchev–Trinajstić information content (AvgIpc) is 3.54. The van der Waals surface area contributed by atoms with Gasteiger partial charge in [-0.2, -0.15) is 0 Å². The number of carbonyl (C=O) groups is 2. The first-order valence-corrected chi connectivity index (χ1v) is 16.6. The van der Waals surface area contributed by atoms with Gasteiger partial charge in [-0.3, -0.25) is 14.6 Å². The molecule has 8 nitrogen and oxygen atoms in total. The van der Waals surface area contributed by atoms with Crippen molar-refractivity contribution in [2.75, 3.05) is 42.5 Å². The van der Waals surface area contributed by atoms with Crippen LogP contribution >= 0.6 is 0 Å². The topological polar surface area (TPSA) is 92.0 Å². The number of halogens is 1. The molecule has 0 saturated carbocycles. The molecule has 2 N–H and O–H groups in total. The van der Waals surface area contributed by atoms with Crippen molar-refractivity contribution in [3.05, 3.63) is 150 Å². The standard InChI is InChI=1S/C40H38FN5O3/c1-28(38(42)47)36-27-46(39(48)49-36)33-18-19-34(35(41)25-33)29-17-20-37(43-26-29)44-21-23-45(24-22-44)40(30-11-5-2-6-12-30,31-13-7-3-8-14-31)32-15-9-4-10-16-32/h2-20,25-26,28,36H,21-24,27H2,1H3,(H2,42,47)/t28-,36?/m0/s1. The van der Waals surface area contributed by atoms with E-state index < -0.39 is 35.4 Å². The first-order valence-electron chi connectivity index (χ1n) is 16.6. The van der Waals surface area contributed by atoms with Gasteiger partial charge in [-0.1, -0.05) is 91.0 Å². The lowest BCUT2D eigenvalue weighted by Crippen LogP contribution is -2.56. The number of hydrogen-bond acceptors (Lipinski definition) is 6. The van der Waals surface area contributed by atoms with E-state index in [9.17, 15) is 9.59 Å². The number of pyridine rings is 1. The molecular weight excluding hydrogens is 617 g/mol. The maximum Gasteiger partial charge on any atom is 0.414 e. The van der Waals surface area contributed by atoms with Gasteiger partial charge in [0.1, 0.15) is 17.7 Å². The number of piperazine rings is 1. The van der Waals surface area contributed by atoms with E-state index in [1.54, 1.807) is 25.3 Å². The Bertz CT molecular complexity index is 1820. The van der Waals surface area contributed by atoms with E-state index >= 15 is 4.39 Å². The van der Waals surface area contributed by atoms with Crippen molar-refractivity contribution >= 4 is 23.5 Å². The maximum absolute atomic E-state index is 15.4. The molecular formula is C40H38FN5O3. The molecule has 49 heavy (non-hydrogen) atoms. The van der Waals surface area contributed by atoms with Gasteiger partial charge in [0.15, 0.2) is 0 Å². The second kappa shape index (κ2) is 13.5. The zero-order valence-corrected chi connectivity index (χ0v) is 27.3. The highest BCUT2D eigenvalue weighted by Crippen LogP contribution is 2.43. The number of amides is 2. The summed E-state index contributed by atoms with van der Waals surface area (Å²) in [4.78, 5) is 35.0. The highest BCUT2D eigenvalue weighted by atomic mass is 19.1. The van der Waals surface area contributed by atoms with E-state index in [0.29, 0.717) is 16.8 Å². The summed E-state index contributed by atoms with van der Waals surface area (Å²) in [6.45, 7) is 4.87. The Balaban J connectivity index is 1.09. The molecule has 2 aliphatic heterocycles. The number of anilines is 2. The minimum atomic E-state index is -0.683. The summed E-state index contributed by atoms with van der Waals surface area (Å²) in [5.41, 5.74) is 9.93. The summed E-state index contributed by atoms with van der Waals surface area (Å²) in [6.07, 6.45) is 0.374. The summed E-state index contributed by atoms with van der Waals surface area (Å²) < 4.78 is 20.7. The Labute approximate surface area is 285 Å². The lowest BCUT2D eigenvalue weighted by atomic mass is 9.75. The number of cyclic esters (lactones) is 1. The molecule has 9 heteroatoms. The van der Waals surface area contributed by atoms with Crippen molar-refractivity contribution < 1.29 is 18.7 Å². The normalized spacial score (nSPS) is 17.5. The smallest absolute Gasteiger partial charge is 0.414 e. The molecule has 3 heterocycles. The van der Waals surface area contributed by atoms with Crippen molar-refractivity contribution in [1.82, 2.24) is 9.88 Å². The first kappa shape index (κ1) is 32.0. The van der Waals surface area contributed by atoms with Crippen LogP contribution in [0.2, 0.25) is 0 Å². The SMILES string of the molecule is C[C@H](C(N)=O)C1CN(c2ccc(-c3ccc(N4CCN(C(c5ccccc5)(c5ccccc5)c5ccccc5)CC4)nc3)c(F)c2)C(=O)O1. The molecule has 0 bridgehead atoms. The molecule has 248 valence electrons. The maximum atomic E-state index is 15.4. The summed E-state index contributed by atoms with van der Waals surface area (Å²) >= 11 is 0. The van der Waals surface area contributed by atoms with Crippen LogP contribution in [0.25, 0.3) is 11.1 Å². The Morgan fingerprint density at radius 1 is 0.837 bits per heavy atom.